The van der Waals surface area contributed by atoms with E-state index in [1.807, 2.05) is 24.5 Å². The van der Waals surface area contributed by atoms with E-state index < -0.39 is 5.97 Å². The number of carbonyl (C=O) groups is 1. The average Bonchev–Trinajstić information content (AvgIpc) is 3.15. The number of aryl methyl sites for hydroxylation is 1. The predicted octanol–water partition coefficient (Wildman–Crippen LogP) is 2.89. The van der Waals surface area contributed by atoms with Crippen molar-refractivity contribution in [1.29, 1.82) is 0 Å². The first kappa shape index (κ1) is 17.8. The lowest BCUT2D eigenvalue weighted by molar-refractivity contribution is 0.0462. The van der Waals surface area contributed by atoms with Gasteiger partial charge < -0.3 is 14.0 Å². The van der Waals surface area contributed by atoms with Crippen molar-refractivity contribution in [3.8, 4) is 11.4 Å². The molecule has 0 amide bonds. The number of ether oxygens (including phenoxy) is 2. The van der Waals surface area contributed by atoms with E-state index in [4.69, 9.17) is 21.1 Å². The van der Waals surface area contributed by atoms with Crippen LogP contribution in [0.5, 0.6) is 5.75 Å². The second kappa shape index (κ2) is 7.45. The third kappa shape index (κ3) is 3.62. The van der Waals surface area contributed by atoms with Gasteiger partial charge in [-0.15, -0.1) is 0 Å². The second-order valence-corrected chi connectivity index (χ2v) is 5.94. The van der Waals surface area contributed by atoms with Crippen molar-refractivity contribution >= 4 is 17.6 Å². The van der Waals surface area contributed by atoms with Crippen LogP contribution in [0.2, 0.25) is 5.02 Å². The number of esters is 1. The van der Waals surface area contributed by atoms with Crippen LogP contribution in [0.15, 0.2) is 47.5 Å². The lowest BCUT2D eigenvalue weighted by Gasteiger charge is -2.13. The average molecular weight is 374 g/mol. The van der Waals surface area contributed by atoms with Crippen LogP contribution >= 0.6 is 11.6 Å². The summed E-state index contributed by atoms with van der Waals surface area (Å²) < 4.78 is 12.3. The molecular formula is C18H16ClN3O4. The molecule has 0 unspecified atom stereocenters. The minimum atomic E-state index is -0.662. The van der Waals surface area contributed by atoms with E-state index in [-0.39, 0.29) is 23.3 Å². The van der Waals surface area contributed by atoms with E-state index in [0.29, 0.717) is 22.2 Å². The largest absolute Gasteiger partial charge is 0.496 e. The Bertz CT molecular complexity index is 996. The molecule has 2 heterocycles. The molecule has 1 aromatic carbocycles. The van der Waals surface area contributed by atoms with Crippen LogP contribution in [0.25, 0.3) is 5.69 Å². The molecule has 0 fully saturated rings. The van der Waals surface area contributed by atoms with Gasteiger partial charge in [-0.2, -0.15) is 5.10 Å². The summed E-state index contributed by atoms with van der Waals surface area (Å²) in [5, 5.41) is 6.91. The summed E-state index contributed by atoms with van der Waals surface area (Å²) in [7, 11) is 1.45. The molecule has 0 aliphatic carbocycles. The van der Waals surface area contributed by atoms with Crippen molar-refractivity contribution in [3.63, 3.8) is 0 Å². The number of benzene rings is 1. The molecule has 0 radical (unpaired) electrons. The Kier molecular flexibility index (Phi) is 5.09. The fraction of sp³-hybridized carbons (Fsp3) is 0.167. The Balaban J connectivity index is 1.85. The first-order chi connectivity index (χ1) is 12.5. The van der Waals surface area contributed by atoms with Crippen molar-refractivity contribution in [2.75, 3.05) is 7.11 Å². The molecule has 2 aromatic heterocycles. The zero-order valence-corrected chi connectivity index (χ0v) is 14.9. The van der Waals surface area contributed by atoms with Crippen molar-refractivity contribution in [3.05, 3.63) is 74.9 Å². The minimum absolute atomic E-state index is 0.109. The van der Waals surface area contributed by atoms with Gasteiger partial charge >= 0.3 is 5.97 Å². The van der Waals surface area contributed by atoms with E-state index in [9.17, 15) is 9.59 Å². The Hall–Kier alpha value is -3.06. The number of hydrogen-bond acceptors (Lipinski definition) is 5. The molecule has 1 N–H and O–H groups in total. The maximum absolute atomic E-state index is 12.4. The fourth-order valence-electron chi connectivity index (χ4n) is 2.40. The maximum Gasteiger partial charge on any atom is 0.342 e. The maximum atomic E-state index is 12.4. The quantitative estimate of drug-likeness (QED) is 0.695. The number of H-pyrrole nitrogens is 1. The highest BCUT2D eigenvalue weighted by Crippen LogP contribution is 2.30. The first-order valence-corrected chi connectivity index (χ1v) is 8.10. The summed E-state index contributed by atoms with van der Waals surface area (Å²) in [6.45, 7) is 1.46. The van der Waals surface area contributed by atoms with Gasteiger partial charge in [-0.3, -0.25) is 9.89 Å². The SMILES string of the molecule is COc1cc(-n2cccc2)c(Cl)cc1C(=O)OCc1n[nH]c(C)cc1=O. The number of carbonyl (C=O) groups excluding carboxylic acids is 1. The van der Waals surface area contributed by atoms with E-state index in [1.165, 1.54) is 19.2 Å². The zero-order valence-electron chi connectivity index (χ0n) is 14.2. The highest BCUT2D eigenvalue weighted by molar-refractivity contribution is 6.32. The number of rotatable bonds is 5. The summed E-state index contributed by atoms with van der Waals surface area (Å²) in [6.07, 6.45) is 3.65. The lowest BCUT2D eigenvalue weighted by Crippen LogP contribution is -2.16. The van der Waals surface area contributed by atoms with Gasteiger partial charge in [0, 0.05) is 30.2 Å². The summed E-state index contributed by atoms with van der Waals surface area (Å²) >= 11 is 6.30. The van der Waals surface area contributed by atoms with Crippen molar-refractivity contribution in [2.45, 2.75) is 13.5 Å². The number of methoxy groups -OCH3 is 1. The van der Waals surface area contributed by atoms with Gasteiger partial charge in [-0.05, 0) is 25.1 Å². The van der Waals surface area contributed by atoms with Gasteiger partial charge in [0.15, 0.2) is 0 Å². The Morgan fingerprint density at radius 3 is 2.65 bits per heavy atom. The second-order valence-electron chi connectivity index (χ2n) is 5.53. The molecule has 0 saturated carbocycles. The van der Waals surface area contributed by atoms with Crippen LogP contribution in [0.1, 0.15) is 21.7 Å². The molecule has 3 aromatic rings. The van der Waals surface area contributed by atoms with Crippen molar-refractivity contribution in [2.24, 2.45) is 0 Å². The van der Waals surface area contributed by atoms with E-state index in [0.717, 1.165) is 0 Å². The van der Waals surface area contributed by atoms with Crippen LogP contribution in [0.4, 0.5) is 0 Å². The molecular weight excluding hydrogens is 358 g/mol. The molecule has 0 aliphatic heterocycles. The van der Waals surface area contributed by atoms with Crippen LogP contribution in [-0.2, 0) is 11.3 Å². The predicted molar refractivity (Wildman–Crippen MR) is 96.0 cm³/mol. The molecule has 0 aliphatic rings. The molecule has 26 heavy (non-hydrogen) atoms. The van der Waals surface area contributed by atoms with Gasteiger partial charge in [-0.25, -0.2) is 4.79 Å². The number of nitrogens with zero attached hydrogens (tertiary/aromatic N) is 2. The zero-order chi connectivity index (χ0) is 18.7. The molecule has 134 valence electrons. The Morgan fingerprint density at radius 2 is 2.00 bits per heavy atom. The normalized spacial score (nSPS) is 10.6. The highest BCUT2D eigenvalue weighted by Gasteiger charge is 2.18. The van der Waals surface area contributed by atoms with Crippen molar-refractivity contribution < 1.29 is 14.3 Å². The number of hydrogen-bond donors (Lipinski definition) is 1. The Labute approximate surface area is 154 Å². The minimum Gasteiger partial charge on any atom is -0.496 e. The summed E-state index contributed by atoms with van der Waals surface area (Å²) in [4.78, 5) is 24.2. The molecule has 0 spiro atoms. The van der Waals surface area contributed by atoms with Crippen LogP contribution < -0.4 is 10.2 Å². The summed E-state index contributed by atoms with van der Waals surface area (Å²) in [6, 6.07) is 8.23. The van der Waals surface area contributed by atoms with Gasteiger partial charge in [0.25, 0.3) is 0 Å². The van der Waals surface area contributed by atoms with Gasteiger partial charge in [0.1, 0.15) is 23.6 Å². The number of nitrogens with one attached hydrogen (secondary N) is 1. The highest BCUT2D eigenvalue weighted by atomic mass is 35.5. The molecule has 0 bridgehead atoms. The van der Waals surface area contributed by atoms with Gasteiger partial charge in [0.05, 0.1) is 17.8 Å². The number of halogens is 1. The fourth-order valence-corrected chi connectivity index (χ4v) is 2.66. The molecule has 0 atom stereocenters. The number of aromatic amines is 1. The monoisotopic (exact) mass is 373 g/mol. The lowest BCUT2D eigenvalue weighted by atomic mass is 10.1. The summed E-state index contributed by atoms with van der Waals surface area (Å²) in [5.41, 5.74) is 1.26. The van der Waals surface area contributed by atoms with Crippen LogP contribution in [0.3, 0.4) is 0 Å². The van der Waals surface area contributed by atoms with E-state index in [1.54, 1.807) is 17.6 Å². The van der Waals surface area contributed by atoms with Gasteiger partial charge in [-0.1, -0.05) is 11.6 Å². The first-order valence-electron chi connectivity index (χ1n) is 7.73. The van der Waals surface area contributed by atoms with Crippen molar-refractivity contribution in [1.82, 2.24) is 14.8 Å². The van der Waals surface area contributed by atoms with Crippen LogP contribution in [-0.4, -0.2) is 27.8 Å². The molecule has 0 saturated heterocycles. The molecule has 7 nitrogen and oxygen atoms in total. The third-order valence-corrected chi connectivity index (χ3v) is 4.01. The molecule has 8 heteroatoms. The standard InChI is InChI=1S/C18H16ClN3O4/c1-11-7-16(23)14(21-20-11)10-26-18(24)12-8-13(19)15(9-17(12)25-2)22-5-3-4-6-22/h3-9H,10H2,1-2H3,(H,20,23). The molecule has 3 rings (SSSR count). The van der Waals surface area contributed by atoms with Crippen LogP contribution in [0, 0.1) is 6.92 Å². The van der Waals surface area contributed by atoms with E-state index in [2.05, 4.69) is 10.2 Å². The number of aromatic nitrogens is 3. The van der Waals surface area contributed by atoms with Gasteiger partial charge in [0.2, 0.25) is 5.43 Å². The third-order valence-electron chi connectivity index (χ3n) is 3.71. The van der Waals surface area contributed by atoms with E-state index >= 15 is 0 Å². The smallest absolute Gasteiger partial charge is 0.342 e. The summed E-state index contributed by atoms with van der Waals surface area (Å²) in [5.74, 6) is -0.349. The topological polar surface area (TPSA) is 86.2 Å². The Morgan fingerprint density at radius 1 is 1.27 bits per heavy atom.